The minimum absolute atomic E-state index is 0.0418. The van der Waals surface area contributed by atoms with E-state index in [2.05, 4.69) is 15.4 Å². The van der Waals surface area contributed by atoms with Crippen LogP contribution in [0, 0.1) is 5.92 Å². The Bertz CT molecular complexity index is 1300. The second-order valence-electron chi connectivity index (χ2n) is 13.0. The number of hydrogen-bond acceptors (Lipinski definition) is 7. The highest BCUT2D eigenvalue weighted by Crippen LogP contribution is 2.34. The molecule has 12 heteroatoms. The van der Waals surface area contributed by atoms with Crippen LogP contribution in [-0.4, -0.2) is 95.4 Å². The molecule has 2 atom stereocenters. The number of rotatable bonds is 9. The fourth-order valence-corrected chi connectivity index (χ4v) is 5.30. The van der Waals surface area contributed by atoms with Gasteiger partial charge in [0, 0.05) is 44.1 Å². The summed E-state index contributed by atoms with van der Waals surface area (Å²) in [6.07, 6.45) is -0.526. The highest BCUT2D eigenvalue weighted by Gasteiger charge is 2.52. The normalized spacial score (nSPS) is 19.9. The molecule has 1 unspecified atom stereocenters. The van der Waals surface area contributed by atoms with Crippen molar-refractivity contribution >= 4 is 17.7 Å². The van der Waals surface area contributed by atoms with Gasteiger partial charge < -0.3 is 29.3 Å². The van der Waals surface area contributed by atoms with Crippen LogP contribution >= 0.6 is 0 Å². The van der Waals surface area contributed by atoms with E-state index in [9.17, 15) is 23.2 Å². The Kier molecular flexibility index (Phi) is 9.78. The van der Waals surface area contributed by atoms with Crippen LogP contribution in [0.25, 0.3) is 0 Å². The lowest BCUT2D eigenvalue weighted by molar-refractivity contribution is -0.146. The minimum atomic E-state index is -3.20. The number of ether oxygens (including phenoxy) is 1. The van der Waals surface area contributed by atoms with Crippen molar-refractivity contribution in [2.45, 2.75) is 77.5 Å². The standard InChI is InChI=1S/C31H43F2N5O5/c1-20(2)15-23(28(40)38-19-31(32,33)17-24(38)29(41)37-13-11-36(6)12-14-37)34-27(39)22-9-7-8-10-25(22)42-18-21-16-26(43-35-21)30(3,4)5/h7-10,16,20,23-24H,11-15,17-19H2,1-6H3,(H,34,39)/t23-,24?/m1/s1. The van der Waals surface area contributed by atoms with Crippen molar-refractivity contribution in [1.82, 2.24) is 25.2 Å². The molecule has 3 heterocycles. The van der Waals surface area contributed by atoms with Crippen LogP contribution < -0.4 is 10.1 Å². The summed E-state index contributed by atoms with van der Waals surface area (Å²) in [6, 6.07) is 5.98. The molecular weight excluding hydrogens is 560 g/mol. The van der Waals surface area contributed by atoms with E-state index in [1.807, 2.05) is 41.7 Å². The molecule has 2 fully saturated rings. The van der Waals surface area contributed by atoms with Gasteiger partial charge in [-0.25, -0.2) is 8.78 Å². The molecule has 2 aliphatic heterocycles. The summed E-state index contributed by atoms with van der Waals surface area (Å²) >= 11 is 0. The summed E-state index contributed by atoms with van der Waals surface area (Å²) in [6.45, 7) is 11.0. The van der Waals surface area contributed by atoms with Crippen molar-refractivity contribution in [3.63, 3.8) is 0 Å². The van der Waals surface area contributed by atoms with Gasteiger partial charge in [0.1, 0.15) is 35.9 Å². The number of para-hydroxylation sites is 1. The first-order valence-corrected chi connectivity index (χ1v) is 14.8. The van der Waals surface area contributed by atoms with Crippen LogP contribution in [0.4, 0.5) is 8.78 Å². The number of likely N-dealkylation sites (N-methyl/N-ethyl adjacent to an activating group) is 1. The number of likely N-dealkylation sites (tertiary alicyclic amines) is 1. The molecule has 1 aromatic heterocycles. The zero-order valence-electron chi connectivity index (χ0n) is 25.9. The first kappa shape index (κ1) is 32.4. The van der Waals surface area contributed by atoms with E-state index in [1.54, 1.807) is 35.2 Å². The molecule has 0 saturated carbocycles. The number of alkyl halides is 2. The summed E-state index contributed by atoms with van der Waals surface area (Å²) in [5.74, 6) is -4.03. The molecule has 0 aliphatic carbocycles. The average molecular weight is 604 g/mol. The highest BCUT2D eigenvalue weighted by molar-refractivity contribution is 6.00. The van der Waals surface area contributed by atoms with E-state index >= 15 is 0 Å². The predicted molar refractivity (Wildman–Crippen MR) is 156 cm³/mol. The van der Waals surface area contributed by atoms with Gasteiger partial charge in [0.15, 0.2) is 0 Å². The molecule has 2 aliphatic rings. The Morgan fingerprint density at radius 2 is 1.81 bits per heavy atom. The molecule has 2 aromatic rings. The zero-order chi connectivity index (χ0) is 31.5. The SMILES string of the molecule is CC(C)C[C@@H](NC(=O)c1ccccc1OCc1cc(C(C)(C)C)on1)C(=O)N1CC(F)(F)CC1C(=O)N1CCN(C)CC1. The van der Waals surface area contributed by atoms with Crippen LogP contribution in [0.15, 0.2) is 34.9 Å². The van der Waals surface area contributed by atoms with Gasteiger partial charge in [-0.3, -0.25) is 14.4 Å². The third kappa shape index (κ3) is 8.10. The molecule has 3 amide bonds. The number of benzene rings is 1. The van der Waals surface area contributed by atoms with Crippen molar-refractivity contribution in [1.29, 1.82) is 0 Å². The topological polar surface area (TPSA) is 108 Å². The van der Waals surface area contributed by atoms with Gasteiger partial charge in [-0.1, -0.05) is 51.9 Å². The number of amides is 3. The Morgan fingerprint density at radius 3 is 2.44 bits per heavy atom. The van der Waals surface area contributed by atoms with E-state index in [0.29, 0.717) is 37.6 Å². The largest absolute Gasteiger partial charge is 0.486 e. The van der Waals surface area contributed by atoms with Gasteiger partial charge in [-0.2, -0.15) is 0 Å². The number of nitrogens with zero attached hydrogens (tertiary/aromatic N) is 4. The van der Waals surface area contributed by atoms with E-state index in [0.717, 1.165) is 4.90 Å². The van der Waals surface area contributed by atoms with Gasteiger partial charge >= 0.3 is 0 Å². The smallest absolute Gasteiger partial charge is 0.267 e. The lowest BCUT2D eigenvalue weighted by Gasteiger charge is -2.36. The van der Waals surface area contributed by atoms with Crippen LogP contribution in [0.5, 0.6) is 5.75 Å². The van der Waals surface area contributed by atoms with Crippen molar-refractivity contribution < 1.29 is 32.4 Å². The summed E-state index contributed by atoms with van der Waals surface area (Å²) in [4.78, 5) is 45.3. The van der Waals surface area contributed by atoms with Gasteiger partial charge in [0.2, 0.25) is 11.8 Å². The first-order valence-electron chi connectivity index (χ1n) is 14.8. The summed E-state index contributed by atoms with van der Waals surface area (Å²) in [5, 5.41) is 6.80. The van der Waals surface area contributed by atoms with Crippen molar-refractivity contribution in [2.24, 2.45) is 5.92 Å². The third-order valence-electron chi connectivity index (χ3n) is 7.77. The monoisotopic (exact) mass is 603 g/mol. The second kappa shape index (κ2) is 13.0. The maximum atomic E-state index is 14.7. The summed E-state index contributed by atoms with van der Waals surface area (Å²) in [5.41, 5.74) is 0.508. The number of piperazine rings is 1. The lowest BCUT2D eigenvalue weighted by atomic mass is 9.93. The number of carbonyl (C=O) groups is 3. The molecule has 43 heavy (non-hydrogen) atoms. The molecule has 1 aromatic carbocycles. The zero-order valence-corrected chi connectivity index (χ0v) is 25.9. The van der Waals surface area contributed by atoms with Crippen LogP contribution in [0.2, 0.25) is 0 Å². The fourth-order valence-electron chi connectivity index (χ4n) is 5.30. The number of halogens is 2. The molecular formula is C31H43F2N5O5. The van der Waals surface area contributed by atoms with Crippen LogP contribution in [0.3, 0.4) is 0 Å². The number of nitrogens with one attached hydrogen (secondary N) is 1. The maximum Gasteiger partial charge on any atom is 0.267 e. The number of aromatic nitrogens is 1. The highest BCUT2D eigenvalue weighted by atomic mass is 19.3. The first-order chi connectivity index (χ1) is 20.1. The van der Waals surface area contributed by atoms with Gasteiger partial charge in [0.05, 0.1) is 12.1 Å². The molecule has 1 N–H and O–H groups in total. The summed E-state index contributed by atoms with van der Waals surface area (Å²) < 4.78 is 40.7. The van der Waals surface area contributed by atoms with Crippen molar-refractivity contribution in [3.8, 4) is 5.75 Å². The molecule has 0 radical (unpaired) electrons. The minimum Gasteiger partial charge on any atom is -0.486 e. The molecule has 2 saturated heterocycles. The van der Waals surface area contributed by atoms with E-state index in [4.69, 9.17) is 9.26 Å². The van der Waals surface area contributed by atoms with Crippen molar-refractivity contribution in [3.05, 3.63) is 47.3 Å². The lowest BCUT2D eigenvalue weighted by Crippen LogP contribution is -2.56. The predicted octanol–water partition coefficient (Wildman–Crippen LogP) is 3.71. The third-order valence-corrected chi connectivity index (χ3v) is 7.77. The van der Waals surface area contributed by atoms with Crippen LogP contribution in [-0.2, 0) is 21.6 Å². The Balaban J connectivity index is 1.50. The molecule has 0 bridgehead atoms. The van der Waals surface area contributed by atoms with Crippen LogP contribution in [0.1, 0.15) is 69.3 Å². The number of hydrogen-bond donors (Lipinski definition) is 1. The quantitative estimate of drug-likeness (QED) is 0.466. The van der Waals surface area contributed by atoms with Gasteiger partial charge in [-0.15, -0.1) is 0 Å². The Morgan fingerprint density at radius 1 is 1.14 bits per heavy atom. The molecule has 0 spiro atoms. The molecule has 10 nitrogen and oxygen atoms in total. The average Bonchev–Trinajstić information content (AvgIpc) is 3.55. The van der Waals surface area contributed by atoms with Crippen molar-refractivity contribution in [2.75, 3.05) is 39.8 Å². The van der Waals surface area contributed by atoms with Gasteiger partial charge in [-0.05, 0) is 31.5 Å². The fraction of sp³-hybridized carbons (Fsp3) is 0.613. The number of carbonyl (C=O) groups excluding carboxylic acids is 3. The van der Waals surface area contributed by atoms with E-state index in [-0.39, 0.29) is 35.7 Å². The summed E-state index contributed by atoms with van der Waals surface area (Å²) in [7, 11) is 1.93. The van der Waals surface area contributed by atoms with Gasteiger partial charge in [0.25, 0.3) is 11.8 Å². The van der Waals surface area contributed by atoms with E-state index in [1.165, 1.54) is 0 Å². The Hall–Kier alpha value is -3.54. The second-order valence-corrected chi connectivity index (χ2v) is 13.0. The van der Waals surface area contributed by atoms with E-state index < -0.39 is 48.7 Å². The maximum absolute atomic E-state index is 14.7. The molecule has 236 valence electrons. The molecule has 4 rings (SSSR count). The Labute approximate surface area is 251 Å².